The number of carbonyl (C=O) groups excluding carboxylic acids is 1. The molecule has 1 fully saturated rings. The molecule has 1 amide bonds. The lowest BCUT2D eigenvalue weighted by atomic mass is 9.99. The SMILES string of the molecule is CCCCCCCCC/C=C/[C@@H](O)[C@H](CO[C@H]1O[C@@H](CO)[C@H](O)C(O)C1O)NC(=O)CCCCCCCCCCCCCCCCCCCCCCC. The molecule has 1 heterocycles. The molecule has 1 aliphatic heterocycles. The summed E-state index contributed by atoms with van der Waals surface area (Å²) < 4.78 is 11.2. The molecule has 6 N–H and O–H groups in total. The Morgan fingerprint density at radius 2 is 1.04 bits per heavy atom. The molecule has 0 aromatic carbocycles. The number of allylic oxidation sites excluding steroid dienone is 1. The molecule has 0 saturated carbocycles. The van der Waals surface area contributed by atoms with Crippen molar-refractivity contribution in [1.82, 2.24) is 5.32 Å². The largest absolute Gasteiger partial charge is 0.394 e. The first-order valence-electron chi connectivity index (χ1n) is 22.4. The highest BCUT2D eigenvalue weighted by molar-refractivity contribution is 5.76. The third-order valence-electron chi connectivity index (χ3n) is 10.9. The summed E-state index contributed by atoms with van der Waals surface area (Å²) in [6.45, 7) is 3.75. The van der Waals surface area contributed by atoms with E-state index in [9.17, 15) is 30.3 Å². The maximum absolute atomic E-state index is 12.9. The zero-order chi connectivity index (χ0) is 38.8. The summed E-state index contributed by atoms with van der Waals surface area (Å²) in [5.41, 5.74) is 0. The number of nitrogens with one attached hydrogen (secondary N) is 1. The van der Waals surface area contributed by atoms with E-state index in [1.54, 1.807) is 6.08 Å². The van der Waals surface area contributed by atoms with E-state index in [1.165, 1.54) is 148 Å². The smallest absolute Gasteiger partial charge is 0.220 e. The van der Waals surface area contributed by atoms with Crippen LogP contribution in [0.4, 0.5) is 0 Å². The molecule has 314 valence electrons. The Bertz CT molecular complexity index is 842. The van der Waals surface area contributed by atoms with Gasteiger partial charge in [-0.1, -0.05) is 193 Å². The van der Waals surface area contributed by atoms with E-state index in [1.807, 2.05) is 6.08 Å². The van der Waals surface area contributed by atoms with Gasteiger partial charge in [-0.2, -0.15) is 0 Å². The van der Waals surface area contributed by atoms with Crippen LogP contribution in [0, 0.1) is 0 Å². The van der Waals surface area contributed by atoms with E-state index in [0.717, 1.165) is 38.5 Å². The lowest BCUT2D eigenvalue weighted by Crippen LogP contribution is -2.60. The predicted molar refractivity (Wildman–Crippen MR) is 217 cm³/mol. The van der Waals surface area contributed by atoms with Gasteiger partial charge in [0.25, 0.3) is 0 Å². The number of unbranched alkanes of at least 4 members (excludes halogenated alkanes) is 27. The summed E-state index contributed by atoms with van der Waals surface area (Å²) in [4.78, 5) is 12.9. The molecule has 9 heteroatoms. The van der Waals surface area contributed by atoms with Gasteiger partial charge in [-0.25, -0.2) is 0 Å². The van der Waals surface area contributed by atoms with Crippen molar-refractivity contribution in [2.24, 2.45) is 0 Å². The summed E-state index contributed by atoms with van der Waals surface area (Å²) >= 11 is 0. The van der Waals surface area contributed by atoms with Crippen LogP contribution in [-0.4, -0.2) is 87.5 Å². The third kappa shape index (κ3) is 26.4. The van der Waals surface area contributed by atoms with Gasteiger partial charge >= 0.3 is 0 Å². The minimum Gasteiger partial charge on any atom is -0.394 e. The van der Waals surface area contributed by atoms with Crippen LogP contribution in [0.15, 0.2) is 12.2 Å². The lowest BCUT2D eigenvalue weighted by molar-refractivity contribution is -0.302. The van der Waals surface area contributed by atoms with Gasteiger partial charge in [0.1, 0.15) is 24.4 Å². The Hall–Kier alpha value is -1.07. The van der Waals surface area contributed by atoms with Crippen molar-refractivity contribution in [2.75, 3.05) is 13.2 Å². The predicted octanol–water partition coefficient (Wildman–Crippen LogP) is 8.95. The van der Waals surface area contributed by atoms with Crippen LogP contribution in [0.1, 0.15) is 206 Å². The number of hydrogen-bond acceptors (Lipinski definition) is 8. The number of carbonyl (C=O) groups is 1. The lowest BCUT2D eigenvalue weighted by Gasteiger charge is -2.40. The minimum atomic E-state index is -1.56. The Morgan fingerprint density at radius 1 is 0.623 bits per heavy atom. The van der Waals surface area contributed by atoms with Crippen LogP contribution >= 0.6 is 0 Å². The molecule has 0 aliphatic carbocycles. The third-order valence-corrected chi connectivity index (χ3v) is 10.9. The highest BCUT2D eigenvalue weighted by Crippen LogP contribution is 2.23. The molecule has 0 aromatic rings. The van der Waals surface area contributed by atoms with Crippen LogP contribution < -0.4 is 5.32 Å². The maximum atomic E-state index is 12.9. The molecule has 0 bridgehead atoms. The number of aliphatic hydroxyl groups is 5. The molecule has 1 saturated heterocycles. The van der Waals surface area contributed by atoms with E-state index in [2.05, 4.69) is 19.2 Å². The van der Waals surface area contributed by atoms with Crippen molar-refractivity contribution < 1.29 is 39.8 Å². The van der Waals surface area contributed by atoms with Gasteiger partial charge in [-0.05, 0) is 19.3 Å². The number of rotatable bonds is 37. The van der Waals surface area contributed by atoms with Crippen LogP contribution in [0.2, 0.25) is 0 Å². The van der Waals surface area contributed by atoms with Gasteiger partial charge in [0.2, 0.25) is 5.91 Å². The molecule has 1 rings (SSSR count). The van der Waals surface area contributed by atoms with Crippen molar-refractivity contribution in [1.29, 1.82) is 0 Å². The molecule has 9 nitrogen and oxygen atoms in total. The van der Waals surface area contributed by atoms with E-state index in [-0.39, 0.29) is 12.5 Å². The number of amides is 1. The first kappa shape index (κ1) is 49.9. The first-order chi connectivity index (χ1) is 25.8. The molecule has 0 radical (unpaired) electrons. The fourth-order valence-corrected chi connectivity index (χ4v) is 7.21. The van der Waals surface area contributed by atoms with Gasteiger partial charge in [0, 0.05) is 6.42 Å². The second-order valence-corrected chi connectivity index (χ2v) is 15.9. The summed E-state index contributed by atoms with van der Waals surface area (Å²) in [6.07, 6.45) is 32.7. The molecule has 0 spiro atoms. The summed E-state index contributed by atoms with van der Waals surface area (Å²) in [5.74, 6) is -0.176. The highest BCUT2D eigenvalue weighted by Gasteiger charge is 2.44. The molecule has 7 atom stereocenters. The number of ether oxygens (including phenoxy) is 2. The fourth-order valence-electron chi connectivity index (χ4n) is 7.21. The Balaban J connectivity index is 2.26. The van der Waals surface area contributed by atoms with Crippen molar-refractivity contribution in [2.45, 2.75) is 249 Å². The zero-order valence-electron chi connectivity index (χ0n) is 34.3. The van der Waals surface area contributed by atoms with Crippen molar-refractivity contribution in [3.05, 3.63) is 12.2 Å². The van der Waals surface area contributed by atoms with Gasteiger partial charge < -0.3 is 40.3 Å². The van der Waals surface area contributed by atoms with Crippen molar-refractivity contribution in [3.8, 4) is 0 Å². The molecule has 2 unspecified atom stereocenters. The monoisotopic (exact) mass is 756 g/mol. The normalized spacial score (nSPS) is 21.7. The summed E-state index contributed by atoms with van der Waals surface area (Å²) in [5, 5.41) is 54.0. The number of aliphatic hydroxyl groups excluding tert-OH is 5. The van der Waals surface area contributed by atoms with Crippen molar-refractivity contribution in [3.63, 3.8) is 0 Å². The van der Waals surface area contributed by atoms with Gasteiger partial charge in [0.15, 0.2) is 6.29 Å². The minimum absolute atomic E-state index is 0.176. The Labute approximate surface area is 325 Å². The van der Waals surface area contributed by atoms with E-state index >= 15 is 0 Å². The van der Waals surface area contributed by atoms with Crippen LogP contribution in [-0.2, 0) is 14.3 Å². The van der Waals surface area contributed by atoms with E-state index in [0.29, 0.717) is 6.42 Å². The van der Waals surface area contributed by atoms with Gasteiger partial charge in [-0.3, -0.25) is 4.79 Å². The molecular weight excluding hydrogens is 670 g/mol. The van der Waals surface area contributed by atoms with E-state index in [4.69, 9.17) is 9.47 Å². The van der Waals surface area contributed by atoms with Gasteiger partial charge in [0.05, 0.1) is 25.4 Å². The van der Waals surface area contributed by atoms with Crippen LogP contribution in [0.5, 0.6) is 0 Å². The second kappa shape index (κ2) is 35.4. The standard InChI is InChI=1S/C44H85NO8/c1-3-5-7-9-11-13-14-15-16-17-18-19-20-21-22-23-24-26-28-30-32-34-40(48)45-37(38(47)33-31-29-27-25-12-10-8-6-4-2)36-52-44-43(51)42(50)41(49)39(35-46)53-44/h31,33,37-39,41-44,46-47,49-51H,3-30,32,34-36H2,1-2H3,(H,45,48)/b33-31+/t37-,38+,39-,41-,42?,43?,44-/m0/s1. The second-order valence-electron chi connectivity index (χ2n) is 15.9. The average molecular weight is 756 g/mol. The molecule has 53 heavy (non-hydrogen) atoms. The molecule has 1 aliphatic rings. The quantitative estimate of drug-likeness (QED) is 0.0272. The topological polar surface area (TPSA) is 149 Å². The van der Waals surface area contributed by atoms with E-state index < -0.39 is 49.5 Å². The zero-order valence-corrected chi connectivity index (χ0v) is 34.3. The van der Waals surface area contributed by atoms with Crippen molar-refractivity contribution >= 4 is 5.91 Å². The first-order valence-corrected chi connectivity index (χ1v) is 22.4. The van der Waals surface area contributed by atoms with Crippen LogP contribution in [0.3, 0.4) is 0 Å². The maximum Gasteiger partial charge on any atom is 0.220 e. The Kier molecular flexibility index (Phi) is 33.3. The molecule has 0 aromatic heterocycles. The molecular formula is C44H85NO8. The average Bonchev–Trinajstić information content (AvgIpc) is 3.16. The Morgan fingerprint density at radius 3 is 1.47 bits per heavy atom. The van der Waals surface area contributed by atoms with Gasteiger partial charge in [-0.15, -0.1) is 0 Å². The summed E-state index contributed by atoms with van der Waals surface area (Å²) in [7, 11) is 0. The summed E-state index contributed by atoms with van der Waals surface area (Å²) in [6, 6.07) is -0.796. The van der Waals surface area contributed by atoms with Crippen LogP contribution in [0.25, 0.3) is 0 Å². The highest BCUT2D eigenvalue weighted by atomic mass is 16.7. The number of hydrogen-bond donors (Lipinski definition) is 6. The fraction of sp³-hybridized carbons (Fsp3) is 0.932.